The molecule has 1 aliphatic rings. The van der Waals surface area contributed by atoms with E-state index < -0.39 is 0 Å². The fourth-order valence-corrected chi connectivity index (χ4v) is 4.20. The number of phenols is 2. The fraction of sp³-hybridized carbons (Fsp3) is 0.154. The van der Waals surface area contributed by atoms with Crippen molar-refractivity contribution in [2.45, 2.75) is 13.1 Å². The molecular formula is C26H24N4O4. The lowest BCUT2D eigenvalue weighted by atomic mass is 10.1. The smallest absolute Gasteiger partial charge is 0.260 e. The van der Waals surface area contributed by atoms with Crippen molar-refractivity contribution in [2.24, 2.45) is 7.05 Å². The average molecular weight is 457 g/mol. The molecule has 1 amide bonds. The van der Waals surface area contributed by atoms with Crippen LogP contribution in [0.3, 0.4) is 0 Å². The number of aromatic hydroxyl groups is 2. The Morgan fingerprint density at radius 2 is 1.68 bits per heavy atom. The number of ether oxygens (including phenoxy) is 1. The molecule has 34 heavy (non-hydrogen) atoms. The molecule has 0 spiro atoms. The van der Waals surface area contributed by atoms with E-state index in [-0.39, 0.29) is 23.0 Å². The number of carbonyl (C=O) groups is 1. The number of benzene rings is 3. The van der Waals surface area contributed by atoms with E-state index >= 15 is 0 Å². The molecule has 0 aliphatic carbocycles. The van der Waals surface area contributed by atoms with E-state index in [9.17, 15) is 15.0 Å². The third-order valence-electron chi connectivity index (χ3n) is 5.97. The summed E-state index contributed by atoms with van der Waals surface area (Å²) in [6, 6.07) is 19.8. The number of hydrogen-bond donors (Lipinski definition) is 3. The number of rotatable bonds is 5. The second-order valence-electron chi connectivity index (χ2n) is 8.21. The summed E-state index contributed by atoms with van der Waals surface area (Å²) in [5, 5.41) is 28.5. The molecule has 0 saturated carbocycles. The van der Waals surface area contributed by atoms with Gasteiger partial charge in [0.15, 0.2) is 0 Å². The molecule has 8 nitrogen and oxygen atoms in total. The Bertz CT molecular complexity index is 1350. The summed E-state index contributed by atoms with van der Waals surface area (Å²) in [5.74, 6) is 0.573. The lowest BCUT2D eigenvalue weighted by Crippen LogP contribution is -2.26. The highest BCUT2D eigenvalue weighted by molar-refractivity contribution is 6.03. The highest BCUT2D eigenvalue weighted by atomic mass is 16.5. The second-order valence-corrected chi connectivity index (χ2v) is 8.21. The van der Waals surface area contributed by atoms with Gasteiger partial charge in [0, 0.05) is 43.9 Å². The van der Waals surface area contributed by atoms with Crippen LogP contribution in [0, 0.1) is 0 Å². The van der Waals surface area contributed by atoms with Gasteiger partial charge in [-0.1, -0.05) is 24.3 Å². The van der Waals surface area contributed by atoms with Gasteiger partial charge in [-0.2, -0.15) is 5.10 Å². The third-order valence-corrected chi connectivity index (χ3v) is 5.97. The predicted molar refractivity (Wildman–Crippen MR) is 128 cm³/mol. The number of carbonyl (C=O) groups excluding carboxylic acids is 1. The van der Waals surface area contributed by atoms with Crippen LogP contribution in [0.5, 0.6) is 17.2 Å². The minimum Gasteiger partial charge on any atom is -0.508 e. The maximum atomic E-state index is 13.4. The minimum absolute atomic E-state index is 0.0952. The average Bonchev–Trinajstić information content (AvgIpc) is 3.42. The molecule has 0 radical (unpaired) electrons. The maximum Gasteiger partial charge on any atom is 0.260 e. The number of nitrogens with one attached hydrogen (secondary N) is 1. The van der Waals surface area contributed by atoms with Crippen LogP contribution in [-0.4, -0.2) is 37.9 Å². The number of phenolic OH excluding ortho intramolecular Hbond substituents is 2. The van der Waals surface area contributed by atoms with Crippen molar-refractivity contribution in [2.75, 3.05) is 12.4 Å². The summed E-state index contributed by atoms with van der Waals surface area (Å²) < 4.78 is 6.85. The number of nitrogens with zero attached hydrogens (tertiary/aromatic N) is 3. The van der Waals surface area contributed by atoms with Gasteiger partial charge in [0.2, 0.25) is 0 Å². The predicted octanol–water partition coefficient (Wildman–Crippen LogP) is 4.41. The topological polar surface area (TPSA) is 99.8 Å². The molecular weight excluding hydrogens is 432 g/mol. The van der Waals surface area contributed by atoms with Gasteiger partial charge in [0.25, 0.3) is 5.91 Å². The van der Waals surface area contributed by atoms with E-state index in [0.29, 0.717) is 24.6 Å². The Labute approximate surface area is 196 Å². The van der Waals surface area contributed by atoms with Crippen LogP contribution >= 0.6 is 0 Å². The third kappa shape index (κ3) is 3.90. The number of aromatic nitrogens is 2. The van der Waals surface area contributed by atoms with Crippen LogP contribution in [0.2, 0.25) is 0 Å². The number of fused-ring (bicyclic) bond motifs is 1. The number of anilines is 2. The molecule has 3 aromatic carbocycles. The Hall–Kier alpha value is -4.46. The number of methoxy groups -OCH3 is 1. The molecule has 1 aromatic heterocycles. The molecule has 2 heterocycles. The summed E-state index contributed by atoms with van der Waals surface area (Å²) >= 11 is 0. The molecule has 0 unspecified atom stereocenters. The molecule has 172 valence electrons. The van der Waals surface area contributed by atoms with Crippen LogP contribution in [0.25, 0.3) is 11.3 Å². The van der Waals surface area contributed by atoms with Crippen LogP contribution in [0.15, 0.2) is 66.7 Å². The van der Waals surface area contributed by atoms with Crippen molar-refractivity contribution in [1.29, 1.82) is 0 Å². The Balaban J connectivity index is 1.46. The van der Waals surface area contributed by atoms with Gasteiger partial charge >= 0.3 is 0 Å². The lowest BCUT2D eigenvalue weighted by molar-refractivity contribution is 0.0749. The summed E-state index contributed by atoms with van der Waals surface area (Å²) in [6.07, 6.45) is 0. The number of amides is 1. The normalized spacial score (nSPS) is 12.5. The van der Waals surface area contributed by atoms with Crippen LogP contribution < -0.4 is 10.1 Å². The van der Waals surface area contributed by atoms with Gasteiger partial charge in [0.1, 0.15) is 28.6 Å². The van der Waals surface area contributed by atoms with Crippen molar-refractivity contribution < 1.29 is 19.7 Å². The molecule has 3 N–H and O–H groups in total. The van der Waals surface area contributed by atoms with E-state index in [0.717, 1.165) is 28.1 Å². The van der Waals surface area contributed by atoms with Gasteiger partial charge in [-0.3, -0.25) is 9.48 Å². The first-order valence-corrected chi connectivity index (χ1v) is 10.8. The molecule has 8 heteroatoms. The first-order chi connectivity index (χ1) is 16.4. The molecule has 0 bridgehead atoms. The van der Waals surface area contributed by atoms with Gasteiger partial charge in [-0.15, -0.1) is 0 Å². The van der Waals surface area contributed by atoms with Gasteiger partial charge in [-0.05, 0) is 35.4 Å². The summed E-state index contributed by atoms with van der Waals surface area (Å²) in [7, 11) is 3.39. The summed E-state index contributed by atoms with van der Waals surface area (Å²) in [4.78, 5) is 15.1. The number of hydrogen-bond acceptors (Lipinski definition) is 6. The van der Waals surface area contributed by atoms with Crippen LogP contribution in [0.1, 0.15) is 21.5 Å². The second kappa shape index (κ2) is 8.47. The SMILES string of the molecule is COc1ccc(-c2cc(Nc3cc(O)cc(O)c3C(=O)N3Cc4ccccc4C3)n(C)n2)cc1. The molecule has 0 saturated heterocycles. The zero-order valence-electron chi connectivity index (χ0n) is 18.8. The summed E-state index contributed by atoms with van der Waals surface area (Å²) in [6.45, 7) is 0.921. The van der Waals surface area contributed by atoms with Gasteiger partial charge in [0.05, 0.1) is 18.5 Å². The van der Waals surface area contributed by atoms with Gasteiger partial charge in [-0.25, -0.2) is 0 Å². The molecule has 0 atom stereocenters. The Morgan fingerprint density at radius 3 is 2.32 bits per heavy atom. The van der Waals surface area contributed by atoms with Crippen molar-refractivity contribution in [3.05, 3.63) is 83.4 Å². The quantitative estimate of drug-likeness (QED) is 0.412. The largest absolute Gasteiger partial charge is 0.508 e. The van der Waals surface area contributed by atoms with Crippen molar-refractivity contribution in [3.8, 4) is 28.5 Å². The van der Waals surface area contributed by atoms with Crippen molar-refractivity contribution >= 4 is 17.4 Å². The highest BCUT2D eigenvalue weighted by Gasteiger charge is 2.28. The van der Waals surface area contributed by atoms with E-state index in [1.807, 2.05) is 54.6 Å². The standard InChI is InChI=1S/C26H24N4O4/c1-29-24(13-21(28-29)16-7-9-20(34-2)10-8-16)27-22-11-19(31)12-23(32)25(22)26(33)30-14-17-5-3-4-6-18(17)15-30/h3-13,27,31-32H,14-15H2,1-2H3. The van der Waals surface area contributed by atoms with E-state index in [1.165, 1.54) is 12.1 Å². The highest BCUT2D eigenvalue weighted by Crippen LogP contribution is 2.36. The maximum absolute atomic E-state index is 13.4. The fourth-order valence-electron chi connectivity index (χ4n) is 4.20. The molecule has 4 aromatic rings. The zero-order valence-corrected chi connectivity index (χ0v) is 18.8. The zero-order chi connectivity index (χ0) is 23.8. The molecule has 0 fully saturated rings. The number of aryl methyl sites for hydroxylation is 1. The summed E-state index contributed by atoms with van der Waals surface area (Å²) in [5.41, 5.74) is 4.17. The monoisotopic (exact) mass is 456 g/mol. The minimum atomic E-state index is -0.325. The van der Waals surface area contributed by atoms with E-state index in [4.69, 9.17) is 4.74 Å². The first-order valence-electron chi connectivity index (χ1n) is 10.8. The first kappa shape index (κ1) is 21.4. The van der Waals surface area contributed by atoms with Crippen LogP contribution in [0.4, 0.5) is 11.5 Å². The molecule has 1 aliphatic heterocycles. The van der Waals surface area contributed by atoms with Crippen molar-refractivity contribution in [1.82, 2.24) is 14.7 Å². The van der Waals surface area contributed by atoms with E-state index in [1.54, 1.807) is 23.7 Å². The van der Waals surface area contributed by atoms with E-state index in [2.05, 4.69) is 10.4 Å². The van der Waals surface area contributed by atoms with Crippen LogP contribution in [-0.2, 0) is 20.1 Å². The Morgan fingerprint density at radius 1 is 1.00 bits per heavy atom. The van der Waals surface area contributed by atoms with Gasteiger partial charge < -0.3 is 25.2 Å². The molecule has 5 rings (SSSR count). The van der Waals surface area contributed by atoms with Crippen molar-refractivity contribution in [3.63, 3.8) is 0 Å². The Kier molecular flexibility index (Phi) is 5.33. The lowest BCUT2D eigenvalue weighted by Gasteiger charge is -2.19.